The van der Waals surface area contributed by atoms with Gasteiger partial charge in [0.2, 0.25) is 5.91 Å². The summed E-state index contributed by atoms with van der Waals surface area (Å²) >= 11 is 0. The minimum Gasteiger partial charge on any atom is -0.396 e. The molecule has 2 aromatic heterocycles. The molecule has 2 rings (SSSR count). The van der Waals surface area contributed by atoms with Crippen molar-refractivity contribution in [2.45, 2.75) is 26.9 Å². The van der Waals surface area contributed by atoms with Crippen LogP contribution in [-0.2, 0) is 17.9 Å². The van der Waals surface area contributed by atoms with Crippen LogP contribution in [-0.4, -0.2) is 25.9 Å². The lowest BCUT2D eigenvalue weighted by atomic mass is 10.3. The molecule has 0 bridgehead atoms. The van der Waals surface area contributed by atoms with Crippen molar-refractivity contribution >= 4 is 11.6 Å². The molecule has 0 atom stereocenters. The van der Waals surface area contributed by atoms with Crippen molar-refractivity contribution in [3.63, 3.8) is 0 Å². The maximum Gasteiger partial charge on any atom is 0.242 e. The topological polar surface area (TPSA) is 102 Å². The first-order valence-electron chi connectivity index (χ1n) is 5.61. The third-order valence-electron chi connectivity index (χ3n) is 2.78. The zero-order chi connectivity index (χ0) is 13.1. The van der Waals surface area contributed by atoms with Crippen molar-refractivity contribution in [2.75, 3.05) is 5.73 Å². The van der Waals surface area contributed by atoms with E-state index < -0.39 is 0 Å². The van der Waals surface area contributed by atoms with E-state index in [1.54, 1.807) is 17.1 Å². The molecule has 1 amide bonds. The molecule has 0 aliphatic rings. The summed E-state index contributed by atoms with van der Waals surface area (Å²) in [4.78, 5) is 11.7. The van der Waals surface area contributed by atoms with Gasteiger partial charge in [0.1, 0.15) is 6.54 Å². The number of aryl methyl sites for hydroxylation is 1. The Morgan fingerprint density at radius 3 is 2.89 bits per heavy atom. The predicted molar refractivity (Wildman–Crippen MR) is 66.5 cm³/mol. The van der Waals surface area contributed by atoms with E-state index in [2.05, 4.69) is 20.6 Å². The Labute approximate surface area is 104 Å². The molecule has 96 valence electrons. The summed E-state index contributed by atoms with van der Waals surface area (Å²) in [7, 11) is 0. The Morgan fingerprint density at radius 2 is 2.33 bits per heavy atom. The molecule has 0 radical (unpaired) electrons. The monoisotopic (exact) mass is 248 g/mol. The number of aromatic nitrogens is 4. The Balaban J connectivity index is 1.93. The van der Waals surface area contributed by atoms with Crippen LogP contribution < -0.4 is 11.1 Å². The molecular weight excluding hydrogens is 232 g/mol. The first-order valence-corrected chi connectivity index (χ1v) is 5.61. The smallest absolute Gasteiger partial charge is 0.242 e. The number of nitrogens with one attached hydrogen (secondary N) is 2. The fourth-order valence-electron chi connectivity index (χ4n) is 1.63. The van der Waals surface area contributed by atoms with Crippen LogP contribution in [0.5, 0.6) is 0 Å². The highest BCUT2D eigenvalue weighted by Gasteiger charge is 2.11. The van der Waals surface area contributed by atoms with Gasteiger partial charge in [-0.25, -0.2) is 0 Å². The van der Waals surface area contributed by atoms with Gasteiger partial charge in [0, 0.05) is 18.3 Å². The number of amides is 1. The minimum atomic E-state index is -0.109. The van der Waals surface area contributed by atoms with Crippen LogP contribution in [0.15, 0.2) is 12.4 Å². The number of H-pyrrole nitrogens is 1. The van der Waals surface area contributed by atoms with Crippen LogP contribution in [0.1, 0.15) is 17.0 Å². The lowest BCUT2D eigenvalue weighted by molar-refractivity contribution is -0.122. The Hall–Kier alpha value is -2.31. The lowest BCUT2D eigenvalue weighted by Crippen LogP contribution is -2.27. The van der Waals surface area contributed by atoms with Crippen molar-refractivity contribution in [1.29, 1.82) is 0 Å². The Kier molecular flexibility index (Phi) is 3.31. The van der Waals surface area contributed by atoms with E-state index in [0.717, 1.165) is 17.0 Å². The van der Waals surface area contributed by atoms with Crippen LogP contribution in [0.2, 0.25) is 0 Å². The summed E-state index contributed by atoms with van der Waals surface area (Å²) < 4.78 is 1.61. The molecule has 0 fully saturated rings. The minimum absolute atomic E-state index is 0.109. The van der Waals surface area contributed by atoms with Crippen LogP contribution in [0.25, 0.3) is 0 Å². The molecule has 0 unspecified atom stereocenters. The molecular formula is C11H16N6O. The average Bonchev–Trinajstić information content (AvgIpc) is 2.93. The molecule has 2 heterocycles. The van der Waals surface area contributed by atoms with Gasteiger partial charge in [-0.15, -0.1) is 0 Å². The molecule has 4 N–H and O–H groups in total. The van der Waals surface area contributed by atoms with Crippen molar-refractivity contribution < 1.29 is 4.79 Å². The molecule has 0 aliphatic heterocycles. The van der Waals surface area contributed by atoms with Crippen LogP contribution in [0.4, 0.5) is 5.69 Å². The molecule has 7 nitrogen and oxygen atoms in total. The highest BCUT2D eigenvalue weighted by molar-refractivity contribution is 5.75. The molecule has 7 heteroatoms. The van der Waals surface area contributed by atoms with Gasteiger partial charge in [-0.1, -0.05) is 0 Å². The number of nitrogen functional groups attached to an aromatic ring is 1. The van der Waals surface area contributed by atoms with Gasteiger partial charge < -0.3 is 11.1 Å². The third kappa shape index (κ3) is 2.50. The number of hydrogen-bond donors (Lipinski definition) is 3. The Morgan fingerprint density at radius 1 is 1.56 bits per heavy atom. The number of rotatable bonds is 4. The van der Waals surface area contributed by atoms with Gasteiger partial charge >= 0.3 is 0 Å². The standard InChI is InChI=1S/C11H16N6O/c1-7-11(12)8(2)17(16-7)6-10(18)13-3-9-4-14-15-5-9/h4-5H,3,6,12H2,1-2H3,(H,13,18)(H,14,15). The number of nitrogens with zero attached hydrogens (tertiary/aromatic N) is 3. The normalized spacial score (nSPS) is 10.6. The highest BCUT2D eigenvalue weighted by atomic mass is 16.2. The molecule has 0 saturated heterocycles. The van der Waals surface area contributed by atoms with Gasteiger partial charge in [0.05, 0.1) is 23.3 Å². The van der Waals surface area contributed by atoms with E-state index >= 15 is 0 Å². The summed E-state index contributed by atoms with van der Waals surface area (Å²) in [5, 5.41) is 13.5. The summed E-state index contributed by atoms with van der Waals surface area (Å²) in [6.45, 7) is 4.28. The van der Waals surface area contributed by atoms with Crippen molar-refractivity contribution in [3.8, 4) is 0 Å². The zero-order valence-corrected chi connectivity index (χ0v) is 10.4. The van der Waals surface area contributed by atoms with Crippen LogP contribution >= 0.6 is 0 Å². The summed E-state index contributed by atoms with van der Waals surface area (Å²) in [6.07, 6.45) is 3.41. The van der Waals surface area contributed by atoms with E-state index in [9.17, 15) is 4.79 Å². The first-order chi connectivity index (χ1) is 8.58. The fourth-order valence-corrected chi connectivity index (χ4v) is 1.63. The molecule has 0 aliphatic carbocycles. The first kappa shape index (κ1) is 12.2. The van der Waals surface area contributed by atoms with E-state index in [0.29, 0.717) is 12.2 Å². The molecule has 18 heavy (non-hydrogen) atoms. The van der Waals surface area contributed by atoms with Crippen LogP contribution in [0, 0.1) is 13.8 Å². The average molecular weight is 248 g/mol. The second-order valence-corrected chi connectivity index (χ2v) is 4.13. The van der Waals surface area contributed by atoms with Gasteiger partial charge in [-0.05, 0) is 13.8 Å². The van der Waals surface area contributed by atoms with Crippen molar-refractivity contribution in [1.82, 2.24) is 25.3 Å². The maximum atomic E-state index is 11.7. The second-order valence-electron chi connectivity index (χ2n) is 4.13. The van der Waals surface area contributed by atoms with Crippen molar-refractivity contribution in [2.24, 2.45) is 0 Å². The predicted octanol–water partition coefficient (Wildman–Crippen LogP) is 0.122. The van der Waals surface area contributed by atoms with E-state index in [4.69, 9.17) is 5.73 Å². The van der Waals surface area contributed by atoms with Gasteiger partial charge in [0.25, 0.3) is 0 Å². The largest absolute Gasteiger partial charge is 0.396 e. The van der Waals surface area contributed by atoms with Gasteiger partial charge in [0.15, 0.2) is 0 Å². The third-order valence-corrected chi connectivity index (χ3v) is 2.78. The SMILES string of the molecule is Cc1nn(CC(=O)NCc2cn[nH]c2)c(C)c1N. The summed E-state index contributed by atoms with van der Waals surface area (Å²) in [5.74, 6) is -0.109. The van der Waals surface area contributed by atoms with Gasteiger partial charge in [-0.2, -0.15) is 10.2 Å². The summed E-state index contributed by atoms with van der Waals surface area (Å²) in [5.41, 5.74) is 8.92. The van der Waals surface area contributed by atoms with Gasteiger partial charge in [-0.3, -0.25) is 14.6 Å². The van der Waals surface area contributed by atoms with E-state index in [-0.39, 0.29) is 12.5 Å². The maximum absolute atomic E-state index is 11.7. The Bertz CT molecular complexity index is 542. The molecule has 2 aromatic rings. The van der Waals surface area contributed by atoms with Crippen molar-refractivity contribution in [3.05, 3.63) is 29.3 Å². The number of aromatic amines is 1. The molecule has 0 spiro atoms. The molecule has 0 saturated carbocycles. The van der Waals surface area contributed by atoms with E-state index in [1.165, 1.54) is 0 Å². The quantitative estimate of drug-likeness (QED) is 0.715. The zero-order valence-electron chi connectivity index (χ0n) is 10.4. The number of carbonyl (C=O) groups excluding carboxylic acids is 1. The summed E-state index contributed by atoms with van der Waals surface area (Å²) in [6, 6.07) is 0. The number of anilines is 1. The molecule has 0 aromatic carbocycles. The van der Waals surface area contributed by atoms with Crippen LogP contribution in [0.3, 0.4) is 0 Å². The lowest BCUT2D eigenvalue weighted by Gasteiger charge is -2.05. The van der Waals surface area contributed by atoms with E-state index in [1.807, 2.05) is 13.8 Å². The fraction of sp³-hybridized carbons (Fsp3) is 0.364. The number of carbonyl (C=O) groups is 1. The number of hydrogen-bond acceptors (Lipinski definition) is 4. The number of nitrogens with two attached hydrogens (primary N) is 1. The highest BCUT2D eigenvalue weighted by Crippen LogP contribution is 2.14. The second kappa shape index (κ2) is 4.91.